The summed E-state index contributed by atoms with van der Waals surface area (Å²) >= 11 is 0. The first-order valence-corrected chi connectivity index (χ1v) is 5.29. The van der Waals surface area contributed by atoms with E-state index in [1.165, 1.54) is 16.8 Å². The molecule has 0 spiro atoms. The second-order valence-electron chi connectivity index (χ2n) is 3.27. The molecule has 0 aliphatic heterocycles. The molecule has 0 saturated heterocycles. The van der Waals surface area contributed by atoms with Crippen molar-refractivity contribution < 1.29 is 4.79 Å². The van der Waals surface area contributed by atoms with Gasteiger partial charge in [-0.05, 0) is 18.2 Å². The Bertz CT molecular complexity index is 583. The lowest BCUT2D eigenvalue weighted by atomic mass is 10.2. The number of anilines is 1. The van der Waals surface area contributed by atoms with E-state index < -0.39 is 5.69 Å². The quantitative estimate of drug-likeness (QED) is 0.780. The standard InChI is InChI=1S/C11H8N3O2Si/c15-10(8-4-2-1-3-5-8)14(17)9-6-7-12-11(16)13-9/h1-7H,(H,12,13,16). The van der Waals surface area contributed by atoms with E-state index in [0.717, 1.165) is 0 Å². The Hall–Kier alpha value is -2.21. The zero-order valence-corrected chi connectivity index (χ0v) is 9.75. The predicted octanol–water partition coefficient (Wildman–Crippen LogP) is 0.500. The van der Waals surface area contributed by atoms with Crippen LogP contribution in [0.15, 0.2) is 47.4 Å². The summed E-state index contributed by atoms with van der Waals surface area (Å²) in [6.45, 7) is 0. The third-order valence-electron chi connectivity index (χ3n) is 2.12. The number of nitrogens with one attached hydrogen (secondary N) is 1. The average Bonchev–Trinajstić information content (AvgIpc) is 2.38. The summed E-state index contributed by atoms with van der Waals surface area (Å²) in [5.74, 6) is 0.0552. The summed E-state index contributed by atoms with van der Waals surface area (Å²) in [7, 11) is 3.16. The monoisotopic (exact) mass is 242 g/mol. The van der Waals surface area contributed by atoms with Gasteiger partial charge in [0.15, 0.2) is 0 Å². The highest BCUT2D eigenvalue weighted by atomic mass is 28.2. The Labute approximate surface area is 101 Å². The van der Waals surface area contributed by atoms with Gasteiger partial charge in [0.2, 0.25) is 10.4 Å². The molecule has 1 heterocycles. The van der Waals surface area contributed by atoms with Crippen molar-refractivity contribution in [3.63, 3.8) is 0 Å². The Balaban J connectivity index is 2.30. The smallest absolute Gasteiger partial charge is 0.324 e. The van der Waals surface area contributed by atoms with Crippen LogP contribution in [0, 0.1) is 0 Å². The molecule has 0 unspecified atom stereocenters. The lowest BCUT2D eigenvalue weighted by Crippen LogP contribution is -2.30. The van der Waals surface area contributed by atoms with Crippen LogP contribution >= 0.6 is 0 Å². The molecular weight excluding hydrogens is 234 g/mol. The van der Waals surface area contributed by atoms with Gasteiger partial charge in [-0.25, -0.2) is 9.78 Å². The molecule has 0 atom stereocenters. The van der Waals surface area contributed by atoms with E-state index in [-0.39, 0.29) is 5.91 Å². The topological polar surface area (TPSA) is 66.1 Å². The van der Waals surface area contributed by atoms with Crippen LogP contribution in [0.4, 0.5) is 5.82 Å². The van der Waals surface area contributed by atoms with Gasteiger partial charge in [-0.3, -0.25) is 9.78 Å². The maximum absolute atomic E-state index is 12.0. The van der Waals surface area contributed by atoms with Crippen LogP contribution in [0.1, 0.15) is 10.4 Å². The second-order valence-corrected chi connectivity index (χ2v) is 3.71. The zero-order chi connectivity index (χ0) is 12.3. The van der Waals surface area contributed by atoms with Crippen molar-refractivity contribution in [3.8, 4) is 0 Å². The number of nitrogens with zero attached hydrogens (tertiary/aromatic N) is 2. The van der Waals surface area contributed by atoms with Crippen LogP contribution < -0.4 is 10.3 Å². The van der Waals surface area contributed by atoms with Crippen molar-refractivity contribution >= 4 is 22.1 Å². The van der Waals surface area contributed by atoms with E-state index >= 15 is 0 Å². The summed E-state index contributed by atoms with van der Waals surface area (Å²) in [5, 5.41) is 0. The molecule has 1 amide bonds. The van der Waals surface area contributed by atoms with E-state index in [1.54, 1.807) is 24.3 Å². The average molecular weight is 242 g/mol. The number of amides is 1. The van der Waals surface area contributed by atoms with Crippen molar-refractivity contribution in [2.45, 2.75) is 0 Å². The number of benzene rings is 1. The molecule has 1 aromatic heterocycles. The first-order valence-electron chi connectivity index (χ1n) is 4.84. The lowest BCUT2D eigenvalue weighted by Gasteiger charge is -2.16. The van der Waals surface area contributed by atoms with E-state index in [4.69, 9.17) is 0 Å². The molecule has 17 heavy (non-hydrogen) atoms. The fourth-order valence-corrected chi connectivity index (χ4v) is 1.57. The number of aromatic nitrogens is 2. The molecular formula is C11H8N3O2Si. The molecule has 0 saturated carbocycles. The third-order valence-corrected chi connectivity index (χ3v) is 2.57. The largest absolute Gasteiger partial charge is 0.346 e. The molecule has 2 aromatic rings. The Kier molecular flexibility index (Phi) is 3.15. The molecule has 6 heteroatoms. The second kappa shape index (κ2) is 4.75. The Morgan fingerprint density at radius 3 is 2.59 bits per heavy atom. The molecule has 5 nitrogen and oxygen atoms in total. The number of hydrogen-bond donors (Lipinski definition) is 1. The molecule has 83 valence electrons. The minimum absolute atomic E-state index is 0.274. The molecule has 0 aliphatic rings. The maximum Gasteiger partial charge on any atom is 0.346 e. The summed E-state index contributed by atoms with van der Waals surface area (Å²) in [4.78, 5) is 29.0. The SMILES string of the molecule is O=C(c1ccccc1)N([Si])c1ccnc(=O)[nH]1. The van der Waals surface area contributed by atoms with Crippen molar-refractivity contribution in [2.75, 3.05) is 4.57 Å². The highest BCUT2D eigenvalue weighted by Crippen LogP contribution is 2.09. The molecule has 3 radical (unpaired) electrons. The van der Waals surface area contributed by atoms with Gasteiger partial charge in [0.25, 0.3) is 5.91 Å². The highest BCUT2D eigenvalue weighted by Gasteiger charge is 2.13. The summed E-state index contributed by atoms with van der Waals surface area (Å²) < 4.78 is 1.18. The minimum atomic E-state index is -0.508. The van der Waals surface area contributed by atoms with E-state index in [9.17, 15) is 9.59 Å². The number of rotatable bonds is 2. The number of hydrogen-bond acceptors (Lipinski definition) is 3. The van der Waals surface area contributed by atoms with Gasteiger partial charge < -0.3 is 4.57 Å². The van der Waals surface area contributed by atoms with E-state index in [1.807, 2.05) is 6.07 Å². The van der Waals surface area contributed by atoms with Crippen LogP contribution in [0.3, 0.4) is 0 Å². The number of carbonyl (C=O) groups is 1. The maximum atomic E-state index is 12.0. The van der Waals surface area contributed by atoms with E-state index in [2.05, 4.69) is 20.4 Å². The van der Waals surface area contributed by atoms with Gasteiger partial charge in [0.05, 0.1) is 0 Å². The summed E-state index contributed by atoms with van der Waals surface area (Å²) in [6.07, 6.45) is 1.33. The first kappa shape index (κ1) is 11.3. The minimum Gasteiger partial charge on any atom is -0.324 e. The fraction of sp³-hybridized carbons (Fsp3) is 0. The first-order chi connectivity index (χ1) is 8.18. The van der Waals surface area contributed by atoms with Gasteiger partial charge in [0.1, 0.15) is 5.82 Å². The molecule has 1 aromatic carbocycles. The highest BCUT2D eigenvalue weighted by molar-refractivity contribution is 6.33. The summed E-state index contributed by atoms with van der Waals surface area (Å²) in [5.41, 5.74) is 0.00627. The Morgan fingerprint density at radius 1 is 1.24 bits per heavy atom. The van der Waals surface area contributed by atoms with Crippen molar-refractivity contribution in [2.24, 2.45) is 0 Å². The molecule has 1 N–H and O–H groups in total. The van der Waals surface area contributed by atoms with Gasteiger partial charge in [0, 0.05) is 11.8 Å². The molecule has 0 aliphatic carbocycles. The fourth-order valence-electron chi connectivity index (χ4n) is 1.31. The van der Waals surface area contributed by atoms with Gasteiger partial charge in [-0.2, -0.15) is 0 Å². The molecule has 0 fully saturated rings. The lowest BCUT2D eigenvalue weighted by molar-refractivity contribution is 0.100. The van der Waals surface area contributed by atoms with Crippen LogP contribution in [0.2, 0.25) is 0 Å². The molecule has 0 bridgehead atoms. The van der Waals surface area contributed by atoms with E-state index in [0.29, 0.717) is 11.4 Å². The molecule has 2 rings (SSSR count). The predicted molar refractivity (Wildman–Crippen MR) is 63.9 cm³/mol. The zero-order valence-electron chi connectivity index (χ0n) is 8.75. The van der Waals surface area contributed by atoms with Crippen LogP contribution in [-0.2, 0) is 0 Å². The van der Waals surface area contributed by atoms with Gasteiger partial charge in [-0.1, -0.05) is 18.2 Å². The summed E-state index contributed by atoms with van der Waals surface area (Å²) in [6, 6.07) is 10.3. The normalized spacial score (nSPS) is 9.94. The van der Waals surface area contributed by atoms with Crippen LogP contribution in [0.25, 0.3) is 0 Å². The van der Waals surface area contributed by atoms with Crippen molar-refractivity contribution in [1.29, 1.82) is 0 Å². The van der Waals surface area contributed by atoms with Gasteiger partial charge >= 0.3 is 5.69 Å². The number of carbonyl (C=O) groups excluding carboxylic acids is 1. The van der Waals surface area contributed by atoms with Gasteiger partial charge in [-0.15, -0.1) is 0 Å². The van der Waals surface area contributed by atoms with Crippen molar-refractivity contribution in [3.05, 3.63) is 58.6 Å². The number of H-pyrrole nitrogens is 1. The van der Waals surface area contributed by atoms with Crippen LogP contribution in [0.5, 0.6) is 0 Å². The number of aromatic amines is 1. The van der Waals surface area contributed by atoms with Crippen molar-refractivity contribution in [1.82, 2.24) is 9.97 Å². The third kappa shape index (κ3) is 2.48. The van der Waals surface area contributed by atoms with Crippen LogP contribution in [-0.4, -0.2) is 26.3 Å². The Morgan fingerprint density at radius 2 is 1.94 bits per heavy atom.